The zero-order valence-corrected chi connectivity index (χ0v) is 14.4. The van der Waals surface area contributed by atoms with Crippen molar-refractivity contribution in [1.82, 2.24) is 0 Å². The number of nitrogens with one attached hydrogen (secondary N) is 1. The molecule has 4 aromatic rings. The first-order chi connectivity index (χ1) is 12.2. The quantitative estimate of drug-likeness (QED) is 0.475. The molecular formula is C22H20N2O. The fourth-order valence-electron chi connectivity index (χ4n) is 3.93. The van der Waals surface area contributed by atoms with Gasteiger partial charge in [0, 0.05) is 23.4 Å². The van der Waals surface area contributed by atoms with Crippen LogP contribution in [0.25, 0.3) is 21.9 Å². The number of hydrogen-bond donors (Lipinski definition) is 1. The van der Waals surface area contributed by atoms with Gasteiger partial charge in [0.15, 0.2) is 5.58 Å². The summed E-state index contributed by atoms with van der Waals surface area (Å²) in [7, 11) is 0. The molecule has 3 heteroatoms. The molecule has 0 radical (unpaired) electrons. The molecule has 1 aromatic heterocycles. The number of anilines is 3. The van der Waals surface area contributed by atoms with Crippen molar-refractivity contribution in [3.05, 3.63) is 66.2 Å². The largest absolute Gasteiger partial charge is 0.454 e. The fraction of sp³-hybridized carbons (Fsp3) is 0.182. The Morgan fingerprint density at radius 2 is 1.76 bits per heavy atom. The predicted octanol–water partition coefficient (Wildman–Crippen LogP) is 5.85. The van der Waals surface area contributed by atoms with E-state index in [1.165, 1.54) is 33.4 Å². The molecule has 0 unspecified atom stereocenters. The van der Waals surface area contributed by atoms with Gasteiger partial charge in [0.25, 0.3) is 0 Å². The van der Waals surface area contributed by atoms with Gasteiger partial charge in [0.1, 0.15) is 5.58 Å². The van der Waals surface area contributed by atoms with Gasteiger partial charge in [-0.2, -0.15) is 0 Å². The highest BCUT2D eigenvalue weighted by Gasteiger charge is 2.26. The van der Waals surface area contributed by atoms with E-state index in [1.54, 1.807) is 0 Å². The summed E-state index contributed by atoms with van der Waals surface area (Å²) in [5.74, 6) is 0. The summed E-state index contributed by atoms with van der Waals surface area (Å²) < 4.78 is 6.31. The first-order valence-electron chi connectivity index (χ1n) is 8.76. The van der Waals surface area contributed by atoms with Crippen LogP contribution in [0, 0.1) is 6.92 Å². The number of furan rings is 1. The van der Waals surface area contributed by atoms with Gasteiger partial charge in [0.2, 0.25) is 0 Å². The Morgan fingerprint density at radius 3 is 2.68 bits per heavy atom. The number of nitrogens with zero attached hydrogens (tertiary/aromatic N) is 1. The summed E-state index contributed by atoms with van der Waals surface area (Å²) in [5, 5.41) is 5.94. The molecule has 0 spiro atoms. The second-order valence-electron chi connectivity index (χ2n) is 6.88. The SMILES string of the molecule is Cc1ccc2c(oc3ccccc32)c1N1C[C@@H](C)Nc2ccccc21. The Balaban J connectivity index is 1.82. The molecule has 3 aromatic carbocycles. The summed E-state index contributed by atoms with van der Waals surface area (Å²) in [6, 6.07) is 21.5. The minimum Gasteiger partial charge on any atom is -0.454 e. The van der Waals surface area contributed by atoms with E-state index in [-0.39, 0.29) is 0 Å². The number of para-hydroxylation sites is 3. The van der Waals surface area contributed by atoms with Crippen molar-refractivity contribution >= 4 is 39.0 Å². The highest BCUT2D eigenvalue weighted by atomic mass is 16.3. The molecule has 0 amide bonds. The molecule has 1 N–H and O–H groups in total. The molecular weight excluding hydrogens is 308 g/mol. The van der Waals surface area contributed by atoms with E-state index >= 15 is 0 Å². The monoisotopic (exact) mass is 328 g/mol. The van der Waals surface area contributed by atoms with E-state index in [9.17, 15) is 0 Å². The van der Waals surface area contributed by atoms with Gasteiger partial charge in [-0.3, -0.25) is 0 Å². The Labute approximate surface area is 146 Å². The zero-order chi connectivity index (χ0) is 17.0. The highest BCUT2D eigenvalue weighted by Crippen LogP contribution is 2.43. The van der Waals surface area contributed by atoms with Crippen molar-refractivity contribution in [2.75, 3.05) is 16.8 Å². The van der Waals surface area contributed by atoms with Crippen LogP contribution in [0.4, 0.5) is 17.1 Å². The van der Waals surface area contributed by atoms with Gasteiger partial charge in [0.05, 0.1) is 17.1 Å². The lowest BCUT2D eigenvalue weighted by atomic mass is 10.0. The molecule has 2 heterocycles. The highest BCUT2D eigenvalue weighted by molar-refractivity contribution is 6.10. The lowest BCUT2D eigenvalue weighted by molar-refractivity contribution is 0.664. The summed E-state index contributed by atoms with van der Waals surface area (Å²) in [4.78, 5) is 2.40. The minimum absolute atomic E-state index is 0.369. The molecule has 124 valence electrons. The van der Waals surface area contributed by atoms with Crippen molar-refractivity contribution in [3.63, 3.8) is 0 Å². The molecule has 5 rings (SSSR count). The van der Waals surface area contributed by atoms with Crippen LogP contribution >= 0.6 is 0 Å². The van der Waals surface area contributed by atoms with Crippen molar-refractivity contribution in [3.8, 4) is 0 Å². The first-order valence-corrected chi connectivity index (χ1v) is 8.76. The predicted molar refractivity (Wildman–Crippen MR) is 105 cm³/mol. The minimum atomic E-state index is 0.369. The Morgan fingerprint density at radius 1 is 0.960 bits per heavy atom. The third-order valence-corrected chi connectivity index (χ3v) is 5.05. The molecule has 1 atom stereocenters. The summed E-state index contributed by atoms with van der Waals surface area (Å²) in [5.41, 5.74) is 6.71. The van der Waals surface area contributed by atoms with Gasteiger partial charge < -0.3 is 14.6 Å². The maximum absolute atomic E-state index is 6.31. The van der Waals surface area contributed by atoms with Crippen LogP contribution in [0.2, 0.25) is 0 Å². The number of rotatable bonds is 1. The summed E-state index contributed by atoms with van der Waals surface area (Å²) in [6.45, 7) is 5.29. The molecule has 0 aliphatic carbocycles. The van der Waals surface area contributed by atoms with Gasteiger partial charge in [-0.15, -0.1) is 0 Å². The molecule has 0 bridgehead atoms. The maximum Gasteiger partial charge on any atom is 0.159 e. The smallest absolute Gasteiger partial charge is 0.159 e. The van der Waals surface area contributed by atoms with Crippen LogP contribution < -0.4 is 10.2 Å². The normalized spacial score (nSPS) is 16.9. The van der Waals surface area contributed by atoms with Gasteiger partial charge in [-0.1, -0.05) is 42.5 Å². The summed E-state index contributed by atoms with van der Waals surface area (Å²) in [6.07, 6.45) is 0. The van der Waals surface area contributed by atoms with Crippen LogP contribution in [0.3, 0.4) is 0 Å². The number of hydrogen-bond acceptors (Lipinski definition) is 3. The molecule has 25 heavy (non-hydrogen) atoms. The topological polar surface area (TPSA) is 28.4 Å². The van der Waals surface area contributed by atoms with E-state index in [0.29, 0.717) is 6.04 Å². The maximum atomic E-state index is 6.31. The Kier molecular flexibility index (Phi) is 3.04. The van der Waals surface area contributed by atoms with E-state index in [2.05, 4.69) is 72.6 Å². The fourth-order valence-corrected chi connectivity index (χ4v) is 3.93. The Hall–Kier alpha value is -2.94. The average molecular weight is 328 g/mol. The number of aryl methyl sites for hydroxylation is 1. The van der Waals surface area contributed by atoms with Crippen molar-refractivity contribution in [2.24, 2.45) is 0 Å². The number of benzene rings is 3. The van der Waals surface area contributed by atoms with Crippen LogP contribution in [-0.4, -0.2) is 12.6 Å². The lowest BCUT2D eigenvalue weighted by Crippen LogP contribution is -2.37. The molecule has 1 aliphatic heterocycles. The van der Waals surface area contributed by atoms with Crippen LogP contribution in [0.1, 0.15) is 12.5 Å². The third kappa shape index (κ3) is 2.12. The van der Waals surface area contributed by atoms with Crippen molar-refractivity contribution < 1.29 is 4.42 Å². The average Bonchev–Trinajstić information content (AvgIpc) is 2.99. The van der Waals surface area contributed by atoms with Crippen molar-refractivity contribution in [1.29, 1.82) is 0 Å². The second kappa shape index (κ2) is 5.28. The zero-order valence-electron chi connectivity index (χ0n) is 14.4. The van der Waals surface area contributed by atoms with E-state index in [1.807, 2.05) is 12.1 Å². The molecule has 3 nitrogen and oxygen atoms in total. The van der Waals surface area contributed by atoms with E-state index < -0.39 is 0 Å². The van der Waals surface area contributed by atoms with Crippen LogP contribution in [0.5, 0.6) is 0 Å². The van der Waals surface area contributed by atoms with E-state index in [0.717, 1.165) is 17.7 Å². The molecule has 0 saturated heterocycles. The number of fused-ring (bicyclic) bond motifs is 4. The standard InChI is InChI=1S/C22H20N2O/c1-14-11-12-17-16-7-3-6-10-20(16)25-22(17)21(14)24-13-15(2)23-18-8-4-5-9-19(18)24/h3-12,15,23H,13H2,1-2H3/t15-/m1/s1. The van der Waals surface area contributed by atoms with Gasteiger partial charge >= 0.3 is 0 Å². The van der Waals surface area contributed by atoms with Crippen LogP contribution in [0.15, 0.2) is 65.1 Å². The van der Waals surface area contributed by atoms with Crippen LogP contribution in [-0.2, 0) is 0 Å². The Bertz CT molecular complexity index is 1100. The van der Waals surface area contributed by atoms with Crippen molar-refractivity contribution in [2.45, 2.75) is 19.9 Å². The molecule has 0 fully saturated rings. The van der Waals surface area contributed by atoms with Gasteiger partial charge in [-0.05, 0) is 37.6 Å². The van der Waals surface area contributed by atoms with E-state index in [4.69, 9.17) is 4.42 Å². The second-order valence-corrected chi connectivity index (χ2v) is 6.88. The molecule has 1 aliphatic rings. The third-order valence-electron chi connectivity index (χ3n) is 5.05. The lowest BCUT2D eigenvalue weighted by Gasteiger charge is -2.36. The van der Waals surface area contributed by atoms with Gasteiger partial charge in [-0.25, -0.2) is 0 Å². The first kappa shape index (κ1) is 14.4. The molecule has 0 saturated carbocycles. The summed E-state index contributed by atoms with van der Waals surface area (Å²) >= 11 is 0.